The summed E-state index contributed by atoms with van der Waals surface area (Å²) >= 11 is 0. The summed E-state index contributed by atoms with van der Waals surface area (Å²) in [5.41, 5.74) is 1.86. The highest BCUT2D eigenvalue weighted by molar-refractivity contribution is 6.26. The van der Waals surface area contributed by atoms with Gasteiger partial charge in [-0.25, -0.2) is 4.79 Å². The first-order chi connectivity index (χ1) is 9.13. The molecule has 4 nitrogen and oxygen atoms in total. The molecule has 1 aliphatic heterocycles. The van der Waals surface area contributed by atoms with Gasteiger partial charge < -0.3 is 14.9 Å². The molecule has 2 aromatic rings. The van der Waals surface area contributed by atoms with Crippen LogP contribution in [-0.4, -0.2) is 16.2 Å². The van der Waals surface area contributed by atoms with Gasteiger partial charge in [0.25, 0.3) is 0 Å². The van der Waals surface area contributed by atoms with Gasteiger partial charge in [-0.1, -0.05) is 12.1 Å². The van der Waals surface area contributed by atoms with E-state index in [1.54, 1.807) is 36.4 Å². The Morgan fingerprint density at radius 3 is 2.37 bits per heavy atom. The third-order valence-corrected chi connectivity index (χ3v) is 2.88. The fourth-order valence-corrected chi connectivity index (χ4v) is 1.96. The highest BCUT2D eigenvalue weighted by Gasteiger charge is 2.26. The lowest BCUT2D eigenvalue weighted by atomic mass is 10.0. The van der Waals surface area contributed by atoms with Crippen LogP contribution in [0.4, 0.5) is 0 Å². The van der Waals surface area contributed by atoms with E-state index >= 15 is 0 Å². The number of benzene rings is 2. The Balaban J connectivity index is 2.06. The lowest BCUT2D eigenvalue weighted by molar-refractivity contribution is -0.126. The Morgan fingerprint density at radius 1 is 0.947 bits per heavy atom. The predicted molar refractivity (Wildman–Crippen MR) is 69.7 cm³/mol. The number of hydrogen-bond acceptors (Lipinski definition) is 4. The van der Waals surface area contributed by atoms with Crippen LogP contribution in [0.5, 0.6) is 17.2 Å². The maximum absolute atomic E-state index is 11.8. The fraction of sp³-hybridized carbons (Fsp3) is 0. The number of ether oxygens (including phenoxy) is 1. The first-order valence-corrected chi connectivity index (χ1v) is 5.70. The molecule has 0 unspecified atom stereocenters. The molecule has 0 saturated carbocycles. The minimum absolute atomic E-state index is 0.0532. The predicted octanol–water partition coefficient (Wildman–Crippen LogP) is 2.56. The molecule has 0 amide bonds. The summed E-state index contributed by atoms with van der Waals surface area (Å²) in [6, 6.07) is 11.1. The van der Waals surface area contributed by atoms with Crippen LogP contribution in [0.15, 0.2) is 42.5 Å². The zero-order valence-corrected chi connectivity index (χ0v) is 9.83. The number of esters is 1. The molecule has 0 spiro atoms. The van der Waals surface area contributed by atoms with E-state index in [0.717, 1.165) is 5.56 Å². The average Bonchev–Trinajstić information content (AvgIpc) is 2.68. The van der Waals surface area contributed by atoms with Gasteiger partial charge in [-0.15, -0.1) is 0 Å². The van der Waals surface area contributed by atoms with Crippen molar-refractivity contribution in [3.05, 3.63) is 53.6 Å². The van der Waals surface area contributed by atoms with Crippen LogP contribution in [0, 0.1) is 0 Å². The molecule has 0 radical (unpaired) electrons. The molecule has 0 aromatic heterocycles. The molecule has 1 heterocycles. The number of hydrogen-bond donors (Lipinski definition) is 2. The highest BCUT2D eigenvalue weighted by atomic mass is 16.5. The lowest BCUT2D eigenvalue weighted by Crippen LogP contribution is -2.00. The number of phenolic OH excluding ortho intramolecular Hbond substituents is 2. The third kappa shape index (κ3) is 2.04. The van der Waals surface area contributed by atoms with Gasteiger partial charge in [0.2, 0.25) is 0 Å². The number of phenols is 2. The average molecular weight is 254 g/mol. The molecule has 1 aliphatic rings. The van der Waals surface area contributed by atoms with Crippen molar-refractivity contribution in [3.63, 3.8) is 0 Å². The SMILES string of the molecule is O=C1Oc2cc(O)ccc2C1=Cc1ccc(O)cc1. The summed E-state index contributed by atoms with van der Waals surface area (Å²) in [5.74, 6) is 0.127. The summed E-state index contributed by atoms with van der Waals surface area (Å²) in [4.78, 5) is 11.8. The molecule has 3 rings (SSSR count). The molecule has 4 heteroatoms. The summed E-state index contributed by atoms with van der Waals surface area (Å²) in [5, 5.41) is 18.6. The minimum Gasteiger partial charge on any atom is -0.508 e. The van der Waals surface area contributed by atoms with Crippen molar-refractivity contribution < 1.29 is 19.7 Å². The quantitative estimate of drug-likeness (QED) is 0.466. The van der Waals surface area contributed by atoms with E-state index in [4.69, 9.17) is 4.74 Å². The smallest absolute Gasteiger partial charge is 0.344 e. The number of fused-ring (bicyclic) bond motifs is 1. The van der Waals surface area contributed by atoms with Crippen LogP contribution in [0.1, 0.15) is 11.1 Å². The van der Waals surface area contributed by atoms with Crippen molar-refractivity contribution in [2.75, 3.05) is 0 Å². The topological polar surface area (TPSA) is 66.8 Å². The molecular formula is C15H10O4. The van der Waals surface area contributed by atoms with Crippen molar-refractivity contribution in [1.82, 2.24) is 0 Å². The van der Waals surface area contributed by atoms with Gasteiger partial charge in [0.1, 0.15) is 17.2 Å². The first-order valence-electron chi connectivity index (χ1n) is 5.70. The van der Waals surface area contributed by atoms with Crippen LogP contribution in [0.25, 0.3) is 11.6 Å². The normalized spacial score (nSPS) is 15.4. The van der Waals surface area contributed by atoms with Crippen LogP contribution in [0.2, 0.25) is 0 Å². The fourth-order valence-electron chi connectivity index (χ4n) is 1.96. The van der Waals surface area contributed by atoms with Gasteiger partial charge in [0, 0.05) is 11.6 Å². The van der Waals surface area contributed by atoms with E-state index in [9.17, 15) is 15.0 Å². The van der Waals surface area contributed by atoms with E-state index in [0.29, 0.717) is 16.9 Å². The van der Waals surface area contributed by atoms with E-state index < -0.39 is 5.97 Å². The Labute approximate surface area is 109 Å². The number of rotatable bonds is 1. The van der Waals surface area contributed by atoms with E-state index in [2.05, 4.69) is 0 Å². The standard InChI is InChI=1S/C15H10O4/c16-10-3-1-9(2-4-10)7-13-12-6-5-11(17)8-14(12)19-15(13)18/h1-8,16-17H. The Kier molecular flexibility index (Phi) is 2.49. The van der Waals surface area contributed by atoms with Gasteiger partial charge in [-0.2, -0.15) is 0 Å². The van der Waals surface area contributed by atoms with Crippen molar-refractivity contribution in [3.8, 4) is 17.2 Å². The van der Waals surface area contributed by atoms with Crippen LogP contribution in [-0.2, 0) is 4.79 Å². The summed E-state index contributed by atoms with van der Waals surface area (Å²) in [6.07, 6.45) is 1.69. The van der Waals surface area contributed by atoms with Gasteiger partial charge in [-0.05, 0) is 35.9 Å². The molecule has 0 saturated heterocycles. The van der Waals surface area contributed by atoms with Crippen molar-refractivity contribution in [2.45, 2.75) is 0 Å². The maximum atomic E-state index is 11.8. The maximum Gasteiger partial charge on any atom is 0.344 e. The van der Waals surface area contributed by atoms with Crippen molar-refractivity contribution >= 4 is 17.6 Å². The highest BCUT2D eigenvalue weighted by Crippen LogP contribution is 2.37. The Hall–Kier alpha value is -2.75. The molecule has 0 atom stereocenters. The van der Waals surface area contributed by atoms with E-state index in [1.807, 2.05) is 0 Å². The summed E-state index contributed by atoms with van der Waals surface area (Å²) in [7, 11) is 0. The molecule has 2 aromatic carbocycles. The van der Waals surface area contributed by atoms with Gasteiger partial charge >= 0.3 is 5.97 Å². The molecule has 2 N–H and O–H groups in total. The second kappa shape index (κ2) is 4.17. The van der Waals surface area contributed by atoms with Crippen LogP contribution >= 0.6 is 0 Å². The number of aromatic hydroxyl groups is 2. The van der Waals surface area contributed by atoms with Crippen molar-refractivity contribution in [2.24, 2.45) is 0 Å². The summed E-state index contributed by atoms with van der Waals surface area (Å²) < 4.78 is 5.08. The van der Waals surface area contributed by atoms with E-state index in [-0.39, 0.29) is 11.5 Å². The van der Waals surface area contributed by atoms with Gasteiger partial charge in [0.05, 0.1) is 5.57 Å². The lowest BCUT2D eigenvalue weighted by Gasteiger charge is -1.98. The second-order valence-corrected chi connectivity index (χ2v) is 4.22. The van der Waals surface area contributed by atoms with E-state index in [1.165, 1.54) is 12.1 Å². The molecule has 0 bridgehead atoms. The molecule has 94 valence electrons. The molecule has 0 aliphatic carbocycles. The summed E-state index contributed by atoms with van der Waals surface area (Å²) in [6.45, 7) is 0. The van der Waals surface area contributed by atoms with Gasteiger partial charge in [-0.3, -0.25) is 0 Å². The Bertz CT molecular complexity index is 684. The monoisotopic (exact) mass is 254 g/mol. The largest absolute Gasteiger partial charge is 0.508 e. The molecule has 0 fully saturated rings. The second-order valence-electron chi connectivity index (χ2n) is 4.22. The van der Waals surface area contributed by atoms with Crippen LogP contribution in [0.3, 0.4) is 0 Å². The molecule has 19 heavy (non-hydrogen) atoms. The minimum atomic E-state index is -0.450. The number of carbonyl (C=O) groups is 1. The Morgan fingerprint density at radius 2 is 1.63 bits per heavy atom. The molecular weight excluding hydrogens is 244 g/mol. The zero-order valence-electron chi connectivity index (χ0n) is 9.83. The van der Waals surface area contributed by atoms with Crippen molar-refractivity contribution in [1.29, 1.82) is 0 Å². The third-order valence-electron chi connectivity index (χ3n) is 2.88. The van der Waals surface area contributed by atoms with Gasteiger partial charge in [0.15, 0.2) is 0 Å². The zero-order chi connectivity index (χ0) is 13.4. The first kappa shape index (κ1) is 11.3. The van der Waals surface area contributed by atoms with Crippen LogP contribution < -0.4 is 4.74 Å². The number of carbonyl (C=O) groups excluding carboxylic acids is 1.